The van der Waals surface area contributed by atoms with Crippen LogP contribution in [0.1, 0.15) is 12.8 Å². The molecule has 0 aliphatic rings. The Bertz CT molecular complexity index is 676. The van der Waals surface area contributed by atoms with Crippen LogP contribution in [-0.4, -0.2) is 18.1 Å². The number of ether oxygens (including phenoxy) is 1. The first kappa shape index (κ1) is 13.5. The second-order valence-electron chi connectivity index (χ2n) is 4.47. The number of rotatable bonds is 6. The van der Waals surface area contributed by atoms with Crippen LogP contribution in [0.2, 0.25) is 0 Å². The average molecular weight is 304 g/mol. The molecule has 1 aromatic carbocycles. The lowest BCUT2D eigenvalue weighted by Crippen LogP contribution is -2.03. The summed E-state index contributed by atoms with van der Waals surface area (Å²) >= 11 is 3.43. The summed E-state index contributed by atoms with van der Waals surface area (Å²) < 4.78 is 6.91. The third kappa shape index (κ3) is 3.00. The molecule has 0 aliphatic carbocycles. The van der Waals surface area contributed by atoms with Gasteiger partial charge in [-0.05, 0) is 49.0 Å². The van der Waals surface area contributed by atoms with Crippen molar-refractivity contribution in [2.45, 2.75) is 12.8 Å². The normalized spacial score (nSPS) is 11.1. The monoisotopic (exact) mass is 304 g/mol. The number of fused-ring (bicyclic) bond motifs is 1. The highest BCUT2D eigenvalue weighted by molar-refractivity contribution is 7.25. The van der Waals surface area contributed by atoms with Gasteiger partial charge in [-0.1, -0.05) is 6.07 Å². The Morgan fingerprint density at radius 3 is 2.95 bits per heavy atom. The molecule has 0 amide bonds. The first-order valence-electron chi connectivity index (χ1n) is 6.64. The summed E-state index contributed by atoms with van der Waals surface area (Å²) in [4.78, 5) is 5.88. The van der Waals surface area contributed by atoms with Crippen LogP contribution in [0.15, 0.2) is 35.7 Å². The summed E-state index contributed by atoms with van der Waals surface area (Å²) in [6.45, 7) is 1.45. The second-order valence-corrected chi connectivity index (χ2v) is 6.45. The lowest BCUT2D eigenvalue weighted by atomic mass is 10.3. The van der Waals surface area contributed by atoms with Crippen LogP contribution in [-0.2, 0) is 0 Å². The van der Waals surface area contributed by atoms with Gasteiger partial charge in [0.05, 0.1) is 21.7 Å². The van der Waals surface area contributed by atoms with E-state index in [9.17, 15) is 0 Å². The van der Waals surface area contributed by atoms with E-state index in [1.54, 1.807) is 22.7 Å². The summed E-state index contributed by atoms with van der Waals surface area (Å²) in [5.41, 5.74) is 6.51. The van der Waals surface area contributed by atoms with Crippen molar-refractivity contribution in [1.82, 2.24) is 4.98 Å². The number of benzene rings is 1. The lowest BCUT2D eigenvalue weighted by molar-refractivity contribution is 0.308. The fourth-order valence-corrected chi connectivity index (χ4v) is 3.73. The van der Waals surface area contributed by atoms with E-state index in [1.807, 2.05) is 12.1 Å². The molecule has 0 atom stereocenters. The van der Waals surface area contributed by atoms with E-state index in [1.165, 1.54) is 9.58 Å². The molecule has 0 radical (unpaired) electrons. The van der Waals surface area contributed by atoms with E-state index in [2.05, 4.69) is 28.6 Å². The standard InChI is InChI=1S/C15H16N2OS2/c16-7-1-2-8-18-11-5-6-12-14(10-11)20-15(17-12)13-4-3-9-19-13/h3-6,9-10H,1-2,7-8,16H2. The Labute approximate surface area is 126 Å². The van der Waals surface area contributed by atoms with Crippen molar-refractivity contribution >= 4 is 32.9 Å². The molecule has 0 unspecified atom stereocenters. The zero-order valence-electron chi connectivity index (χ0n) is 11.0. The molecule has 0 spiro atoms. The minimum absolute atomic E-state index is 0.722. The van der Waals surface area contributed by atoms with Crippen LogP contribution in [0.3, 0.4) is 0 Å². The molecule has 0 bridgehead atoms. The van der Waals surface area contributed by atoms with Crippen LogP contribution in [0.4, 0.5) is 0 Å². The number of unbranched alkanes of at least 4 members (excludes halogenated alkanes) is 1. The minimum atomic E-state index is 0.722. The number of hydrogen-bond donors (Lipinski definition) is 1. The number of nitrogens with two attached hydrogens (primary N) is 1. The molecule has 2 heterocycles. The predicted molar refractivity (Wildman–Crippen MR) is 86.7 cm³/mol. The molecule has 104 valence electrons. The fourth-order valence-electron chi connectivity index (χ4n) is 1.94. The van der Waals surface area contributed by atoms with Crippen LogP contribution >= 0.6 is 22.7 Å². The third-order valence-corrected chi connectivity index (χ3v) is 5.02. The molecule has 20 heavy (non-hydrogen) atoms. The molecule has 2 N–H and O–H groups in total. The topological polar surface area (TPSA) is 48.1 Å². The van der Waals surface area contributed by atoms with E-state index >= 15 is 0 Å². The van der Waals surface area contributed by atoms with Gasteiger partial charge in [0.1, 0.15) is 10.8 Å². The van der Waals surface area contributed by atoms with Crippen molar-refractivity contribution in [3.63, 3.8) is 0 Å². The maximum Gasteiger partial charge on any atom is 0.134 e. The van der Waals surface area contributed by atoms with Gasteiger partial charge < -0.3 is 10.5 Å². The predicted octanol–water partition coefficient (Wildman–Crippen LogP) is 4.14. The largest absolute Gasteiger partial charge is 0.494 e. The Hall–Kier alpha value is -1.43. The van der Waals surface area contributed by atoms with Gasteiger partial charge in [0.25, 0.3) is 0 Å². The number of thiophene rings is 1. The number of hydrogen-bond acceptors (Lipinski definition) is 5. The minimum Gasteiger partial charge on any atom is -0.494 e. The third-order valence-electron chi connectivity index (χ3n) is 2.96. The summed E-state index contributed by atoms with van der Waals surface area (Å²) in [7, 11) is 0. The number of nitrogens with zero attached hydrogens (tertiary/aromatic N) is 1. The maximum atomic E-state index is 5.74. The lowest BCUT2D eigenvalue weighted by Gasteiger charge is -2.04. The van der Waals surface area contributed by atoms with Gasteiger partial charge in [-0.3, -0.25) is 0 Å². The Morgan fingerprint density at radius 2 is 2.15 bits per heavy atom. The van der Waals surface area contributed by atoms with Crippen molar-refractivity contribution in [2.75, 3.05) is 13.2 Å². The Kier molecular flexibility index (Phi) is 4.30. The Morgan fingerprint density at radius 1 is 1.20 bits per heavy atom. The zero-order chi connectivity index (χ0) is 13.8. The van der Waals surface area contributed by atoms with Crippen molar-refractivity contribution in [3.8, 4) is 15.6 Å². The number of aromatic nitrogens is 1. The SMILES string of the molecule is NCCCCOc1ccc2nc(-c3cccs3)sc2c1. The van der Waals surface area contributed by atoms with Crippen molar-refractivity contribution in [1.29, 1.82) is 0 Å². The molecule has 0 saturated carbocycles. The molecule has 3 rings (SSSR count). The quantitative estimate of drug-likeness (QED) is 0.696. The first-order valence-corrected chi connectivity index (χ1v) is 8.34. The first-order chi connectivity index (χ1) is 9.86. The molecule has 3 nitrogen and oxygen atoms in total. The highest BCUT2D eigenvalue weighted by Gasteiger charge is 2.08. The van der Waals surface area contributed by atoms with Gasteiger partial charge in [-0.2, -0.15) is 0 Å². The summed E-state index contributed by atoms with van der Waals surface area (Å²) in [6.07, 6.45) is 2.00. The van der Waals surface area contributed by atoms with Gasteiger partial charge >= 0.3 is 0 Å². The molecular formula is C15H16N2OS2. The molecule has 0 fully saturated rings. The molecule has 0 aliphatic heterocycles. The van der Waals surface area contributed by atoms with E-state index in [0.29, 0.717) is 0 Å². The van der Waals surface area contributed by atoms with Crippen molar-refractivity contribution in [2.24, 2.45) is 5.73 Å². The van der Waals surface area contributed by atoms with Crippen LogP contribution in [0.5, 0.6) is 5.75 Å². The van der Waals surface area contributed by atoms with Crippen molar-refractivity contribution < 1.29 is 4.74 Å². The maximum absolute atomic E-state index is 5.74. The van der Waals surface area contributed by atoms with E-state index in [-0.39, 0.29) is 0 Å². The van der Waals surface area contributed by atoms with E-state index < -0.39 is 0 Å². The molecule has 5 heteroatoms. The van der Waals surface area contributed by atoms with Gasteiger partial charge in [0.2, 0.25) is 0 Å². The summed E-state index contributed by atoms with van der Waals surface area (Å²) in [6, 6.07) is 10.3. The smallest absolute Gasteiger partial charge is 0.134 e. The van der Waals surface area contributed by atoms with E-state index in [0.717, 1.165) is 42.3 Å². The van der Waals surface area contributed by atoms with Crippen LogP contribution in [0.25, 0.3) is 20.1 Å². The highest BCUT2D eigenvalue weighted by atomic mass is 32.1. The fraction of sp³-hybridized carbons (Fsp3) is 0.267. The molecular weight excluding hydrogens is 288 g/mol. The van der Waals surface area contributed by atoms with Crippen molar-refractivity contribution in [3.05, 3.63) is 35.7 Å². The van der Waals surface area contributed by atoms with Gasteiger partial charge in [-0.15, -0.1) is 22.7 Å². The summed E-state index contributed by atoms with van der Waals surface area (Å²) in [5, 5.41) is 3.16. The van der Waals surface area contributed by atoms with Crippen LogP contribution in [0, 0.1) is 0 Å². The molecule has 2 aromatic heterocycles. The highest BCUT2D eigenvalue weighted by Crippen LogP contribution is 2.34. The second kappa shape index (κ2) is 6.35. The van der Waals surface area contributed by atoms with E-state index in [4.69, 9.17) is 10.5 Å². The number of thiazole rings is 1. The molecule has 0 saturated heterocycles. The van der Waals surface area contributed by atoms with Crippen LogP contribution < -0.4 is 10.5 Å². The van der Waals surface area contributed by atoms with Gasteiger partial charge in [-0.25, -0.2) is 4.98 Å². The Balaban J connectivity index is 1.77. The molecule has 3 aromatic rings. The average Bonchev–Trinajstić information content (AvgIpc) is 3.11. The van der Waals surface area contributed by atoms with Gasteiger partial charge in [0, 0.05) is 0 Å². The summed E-state index contributed by atoms with van der Waals surface area (Å²) in [5.74, 6) is 0.913. The van der Waals surface area contributed by atoms with Gasteiger partial charge in [0.15, 0.2) is 0 Å². The zero-order valence-corrected chi connectivity index (χ0v) is 12.7.